The summed E-state index contributed by atoms with van der Waals surface area (Å²) in [7, 11) is 0. The number of nitrogen functional groups attached to an aromatic ring is 1. The molecular weight excluding hydrogens is 394 g/mol. The number of nitrogens with two attached hydrogens (primary N) is 1. The number of allylic oxidation sites excluding steroid dienone is 4. The predicted molar refractivity (Wildman–Crippen MR) is 128 cm³/mol. The van der Waals surface area contributed by atoms with Crippen molar-refractivity contribution in [3.8, 4) is 11.8 Å². The fourth-order valence-corrected chi connectivity index (χ4v) is 7.77. The quantitative estimate of drug-likeness (QED) is 0.482. The second-order valence-corrected chi connectivity index (χ2v) is 10.5. The first kappa shape index (κ1) is 21.3. The van der Waals surface area contributed by atoms with Gasteiger partial charge in [-0.3, -0.25) is 9.59 Å². The third-order valence-electron chi connectivity index (χ3n) is 9.25. The van der Waals surface area contributed by atoms with Crippen molar-refractivity contribution in [3.05, 3.63) is 52.6 Å². The van der Waals surface area contributed by atoms with E-state index in [9.17, 15) is 9.59 Å². The van der Waals surface area contributed by atoms with E-state index in [4.69, 9.17) is 5.73 Å². The highest BCUT2D eigenvalue weighted by atomic mass is 16.1. The summed E-state index contributed by atoms with van der Waals surface area (Å²) >= 11 is 0. The molecular formula is C29H33NO2. The molecule has 0 aliphatic heterocycles. The largest absolute Gasteiger partial charge is 0.399 e. The van der Waals surface area contributed by atoms with Gasteiger partial charge in [0.25, 0.3) is 0 Å². The summed E-state index contributed by atoms with van der Waals surface area (Å²) in [4.78, 5) is 25.6. The van der Waals surface area contributed by atoms with Gasteiger partial charge in [-0.05, 0) is 105 Å². The number of hydrogen-bond acceptors (Lipinski definition) is 3. The van der Waals surface area contributed by atoms with E-state index in [2.05, 4.69) is 30.9 Å². The van der Waals surface area contributed by atoms with Crippen molar-refractivity contribution in [1.82, 2.24) is 0 Å². The molecule has 1 aromatic rings. The minimum Gasteiger partial charge on any atom is -0.399 e. The van der Waals surface area contributed by atoms with Gasteiger partial charge in [0.05, 0.1) is 5.41 Å². The number of Topliss-reactive ketones (excluding diaryl/α,β-unsaturated/α-hetero) is 1. The van der Waals surface area contributed by atoms with Gasteiger partial charge in [-0.15, -0.1) is 5.92 Å². The molecule has 5 atom stereocenters. The van der Waals surface area contributed by atoms with Crippen LogP contribution in [0.25, 0.3) is 0 Å². The topological polar surface area (TPSA) is 60.2 Å². The van der Waals surface area contributed by atoms with Crippen LogP contribution in [0.4, 0.5) is 5.69 Å². The number of carbonyl (C=O) groups excluding carboxylic acids is 2. The van der Waals surface area contributed by atoms with Gasteiger partial charge in [-0.2, -0.15) is 0 Å². The number of carbonyl (C=O) groups is 2. The maximum Gasteiger partial charge on any atom is 0.156 e. The van der Waals surface area contributed by atoms with Crippen LogP contribution in [0, 0.1) is 34.5 Å². The lowest BCUT2D eigenvalue weighted by molar-refractivity contribution is -0.130. The lowest BCUT2D eigenvalue weighted by Crippen LogP contribution is -2.48. The van der Waals surface area contributed by atoms with E-state index in [-0.39, 0.29) is 22.9 Å². The number of hydrogen-bond donors (Lipinski definition) is 1. The summed E-state index contributed by atoms with van der Waals surface area (Å²) in [6, 6.07) is 8.08. The number of ketones is 2. The molecule has 5 rings (SSSR count). The molecule has 2 saturated carbocycles. The maximum atomic E-state index is 12.9. The molecule has 4 aliphatic carbocycles. The first-order valence-corrected chi connectivity index (χ1v) is 12.1. The van der Waals surface area contributed by atoms with Gasteiger partial charge < -0.3 is 5.73 Å². The van der Waals surface area contributed by atoms with E-state index in [0.29, 0.717) is 18.3 Å². The lowest BCUT2D eigenvalue weighted by atomic mass is 9.51. The number of anilines is 1. The van der Waals surface area contributed by atoms with Crippen LogP contribution in [-0.4, -0.2) is 11.6 Å². The van der Waals surface area contributed by atoms with Crippen molar-refractivity contribution in [2.75, 3.05) is 5.73 Å². The zero-order chi connectivity index (χ0) is 22.7. The summed E-state index contributed by atoms with van der Waals surface area (Å²) in [5.74, 6) is 8.09. The smallest absolute Gasteiger partial charge is 0.156 e. The van der Waals surface area contributed by atoms with Crippen molar-refractivity contribution in [3.63, 3.8) is 0 Å². The molecule has 0 spiro atoms. The van der Waals surface area contributed by atoms with Crippen molar-refractivity contribution in [2.24, 2.45) is 22.7 Å². The van der Waals surface area contributed by atoms with Crippen LogP contribution in [-0.2, 0) is 9.59 Å². The van der Waals surface area contributed by atoms with E-state index in [1.165, 1.54) is 16.7 Å². The monoisotopic (exact) mass is 427 g/mol. The minimum absolute atomic E-state index is 0.0705. The van der Waals surface area contributed by atoms with E-state index < -0.39 is 5.41 Å². The van der Waals surface area contributed by atoms with E-state index in [1.807, 2.05) is 25.1 Å². The molecule has 32 heavy (non-hydrogen) atoms. The van der Waals surface area contributed by atoms with Crippen LogP contribution in [0.2, 0.25) is 0 Å². The Balaban J connectivity index is 1.61. The van der Waals surface area contributed by atoms with E-state index in [0.717, 1.165) is 44.2 Å². The zero-order valence-corrected chi connectivity index (χ0v) is 19.5. The van der Waals surface area contributed by atoms with Crippen LogP contribution in [0.15, 0.2) is 47.1 Å². The highest BCUT2D eigenvalue weighted by molar-refractivity contribution is 5.94. The molecule has 3 nitrogen and oxygen atoms in total. The summed E-state index contributed by atoms with van der Waals surface area (Å²) in [5, 5.41) is 0. The van der Waals surface area contributed by atoms with Gasteiger partial charge in [0, 0.05) is 18.0 Å². The van der Waals surface area contributed by atoms with E-state index >= 15 is 0 Å². The SMILES string of the molecule is CC#C[C@]1(C(C)=O)CC[C@H]2[C@@H]3CCC4=CC(=O)CC(c5ccc(N)cc5)C4=C3CC[C@@]21C. The molecule has 2 N–H and O–H groups in total. The molecule has 1 unspecified atom stereocenters. The molecule has 3 heteroatoms. The molecule has 166 valence electrons. The molecule has 1 aromatic carbocycles. The average molecular weight is 428 g/mol. The Morgan fingerprint density at radius 2 is 1.88 bits per heavy atom. The Hall–Kier alpha value is -2.60. The molecule has 2 fully saturated rings. The van der Waals surface area contributed by atoms with Crippen molar-refractivity contribution >= 4 is 17.3 Å². The number of benzene rings is 1. The van der Waals surface area contributed by atoms with Gasteiger partial charge in [0.2, 0.25) is 0 Å². The summed E-state index contributed by atoms with van der Waals surface area (Å²) in [6.07, 6.45) is 8.45. The van der Waals surface area contributed by atoms with Crippen LogP contribution < -0.4 is 5.73 Å². The lowest BCUT2D eigenvalue weighted by Gasteiger charge is -2.52. The van der Waals surface area contributed by atoms with Gasteiger partial charge >= 0.3 is 0 Å². The average Bonchev–Trinajstić information content (AvgIpc) is 3.07. The standard InChI is InChI=1S/C29H33NO2/c1-4-13-29(18(2)31)15-12-26-23-10-7-20-16-22(32)17-25(19-5-8-21(30)9-6-19)27(20)24(23)11-14-28(26,29)3/h5-6,8-9,16,23,25-26H,7,10-12,14-15,17,30H2,1-3H3/t23-,25?,26+,28+,29-/m1/s1. The highest BCUT2D eigenvalue weighted by Crippen LogP contribution is 2.67. The Kier molecular flexibility index (Phi) is 4.97. The highest BCUT2D eigenvalue weighted by Gasteiger charge is 2.63. The van der Waals surface area contributed by atoms with Crippen LogP contribution in [0.1, 0.15) is 77.2 Å². The Bertz CT molecular complexity index is 1110. The van der Waals surface area contributed by atoms with Gasteiger partial charge in [0.15, 0.2) is 5.78 Å². The molecule has 0 heterocycles. The maximum absolute atomic E-state index is 12.9. The van der Waals surface area contributed by atoms with Crippen molar-refractivity contribution in [1.29, 1.82) is 0 Å². The van der Waals surface area contributed by atoms with Crippen LogP contribution in [0.3, 0.4) is 0 Å². The zero-order valence-electron chi connectivity index (χ0n) is 19.5. The molecule has 0 radical (unpaired) electrons. The fourth-order valence-electron chi connectivity index (χ4n) is 7.77. The Labute approximate surface area is 191 Å². The Morgan fingerprint density at radius 3 is 2.56 bits per heavy atom. The summed E-state index contributed by atoms with van der Waals surface area (Å²) in [5.41, 5.74) is 11.5. The minimum atomic E-state index is -0.502. The summed E-state index contributed by atoms with van der Waals surface area (Å²) in [6.45, 7) is 5.95. The molecule has 0 amide bonds. The molecule has 4 aliphatic rings. The second kappa shape index (κ2) is 7.48. The van der Waals surface area contributed by atoms with Crippen molar-refractivity contribution in [2.45, 2.75) is 71.6 Å². The summed E-state index contributed by atoms with van der Waals surface area (Å²) < 4.78 is 0. The fraction of sp³-hybridized carbons (Fsp3) is 0.517. The van der Waals surface area contributed by atoms with E-state index in [1.54, 1.807) is 12.5 Å². The number of fused-ring (bicyclic) bond motifs is 4. The first-order chi connectivity index (χ1) is 15.3. The molecule has 0 aromatic heterocycles. The Morgan fingerprint density at radius 1 is 1.12 bits per heavy atom. The first-order valence-electron chi connectivity index (χ1n) is 12.1. The third-order valence-corrected chi connectivity index (χ3v) is 9.25. The van der Waals surface area contributed by atoms with Crippen LogP contribution >= 0.6 is 0 Å². The van der Waals surface area contributed by atoms with Crippen molar-refractivity contribution < 1.29 is 9.59 Å². The third kappa shape index (κ3) is 2.88. The van der Waals surface area contributed by atoms with Gasteiger partial charge in [-0.25, -0.2) is 0 Å². The predicted octanol–water partition coefficient (Wildman–Crippen LogP) is 5.77. The normalized spacial score (nSPS) is 35.8. The molecule has 0 bridgehead atoms. The van der Waals surface area contributed by atoms with Gasteiger partial charge in [-0.1, -0.05) is 30.6 Å². The van der Waals surface area contributed by atoms with Crippen LogP contribution in [0.5, 0.6) is 0 Å². The molecule has 0 saturated heterocycles. The van der Waals surface area contributed by atoms with Gasteiger partial charge in [0.1, 0.15) is 5.78 Å². The number of rotatable bonds is 2. The second-order valence-electron chi connectivity index (χ2n) is 10.5.